The first-order valence-electron chi connectivity index (χ1n) is 5.01. The van der Waals surface area contributed by atoms with Crippen LogP contribution in [0.15, 0.2) is 24.3 Å². The third-order valence-corrected chi connectivity index (χ3v) is 2.34. The van der Waals surface area contributed by atoms with Gasteiger partial charge >= 0.3 is 0 Å². The highest BCUT2D eigenvalue weighted by Crippen LogP contribution is 2.15. The molecule has 1 N–H and O–H groups in total. The maximum Gasteiger partial charge on any atom is 0.0956 e. The molecule has 0 heterocycles. The first-order chi connectivity index (χ1) is 6.63. The van der Waals surface area contributed by atoms with E-state index >= 15 is 0 Å². The lowest BCUT2D eigenvalue weighted by Crippen LogP contribution is -2.18. The monoisotopic (exact) mass is 193 g/mol. The number of hydrogen-bond acceptors (Lipinski definition) is 2. The first kappa shape index (κ1) is 11.2. The van der Waals surface area contributed by atoms with Gasteiger partial charge in [0.25, 0.3) is 0 Å². The molecule has 0 saturated heterocycles. The van der Waals surface area contributed by atoms with Crippen molar-refractivity contribution in [3.05, 3.63) is 35.4 Å². The van der Waals surface area contributed by atoms with Crippen molar-refractivity contribution >= 4 is 0 Å². The van der Waals surface area contributed by atoms with Crippen molar-refractivity contribution in [1.82, 2.24) is 4.90 Å². The van der Waals surface area contributed by atoms with Gasteiger partial charge in [0.1, 0.15) is 0 Å². The molecule has 2 nitrogen and oxygen atoms in total. The second kappa shape index (κ2) is 5.13. The molecule has 78 valence electrons. The van der Waals surface area contributed by atoms with Gasteiger partial charge in [0.2, 0.25) is 0 Å². The molecule has 0 unspecified atom stereocenters. The lowest BCUT2D eigenvalue weighted by atomic mass is 10.0. The lowest BCUT2D eigenvalue weighted by Gasteiger charge is -2.13. The van der Waals surface area contributed by atoms with E-state index in [2.05, 4.69) is 38.1 Å². The second-order valence-electron chi connectivity index (χ2n) is 4.05. The smallest absolute Gasteiger partial charge is 0.0956 e. The number of hydrogen-bond donors (Lipinski definition) is 1. The number of aliphatic hydroxyl groups excluding tert-OH is 1. The van der Waals surface area contributed by atoms with Crippen LogP contribution in [-0.2, 0) is 6.54 Å². The summed E-state index contributed by atoms with van der Waals surface area (Å²) in [4.78, 5) is 1.87. The van der Waals surface area contributed by atoms with E-state index in [1.54, 1.807) is 0 Å². The van der Waals surface area contributed by atoms with Gasteiger partial charge < -0.3 is 5.11 Å². The summed E-state index contributed by atoms with van der Waals surface area (Å²) in [6.07, 6.45) is 0. The minimum absolute atomic E-state index is 0.103. The van der Waals surface area contributed by atoms with E-state index < -0.39 is 0 Å². The van der Waals surface area contributed by atoms with Gasteiger partial charge in [-0.25, -0.2) is 0 Å². The summed E-state index contributed by atoms with van der Waals surface area (Å²) in [6.45, 7) is 5.28. The Morgan fingerprint density at radius 1 is 1.21 bits per heavy atom. The van der Waals surface area contributed by atoms with Gasteiger partial charge in [0.05, 0.1) is 6.73 Å². The van der Waals surface area contributed by atoms with Crippen LogP contribution in [0.2, 0.25) is 0 Å². The Balaban J connectivity index is 2.64. The standard InChI is InChI=1S/C12H19NO/c1-10(2)12-6-4-11(5-7-12)8-13(3)9-14/h4-7,10,14H,8-9H2,1-3H3. The van der Waals surface area contributed by atoms with Crippen molar-refractivity contribution in [2.24, 2.45) is 0 Å². The lowest BCUT2D eigenvalue weighted by molar-refractivity contribution is 0.127. The van der Waals surface area contributed by atoms with Crippen molar-refractivity contribution in [2.75, 3.05) is 13.8 Å². The molecule has 0 atom stereocenters. The van der Waals surface area contributed by atoms with Gasteiger partial charge in [-0.3, -0.25) is 4.90 Å². The number of aliphatic hydroxyl groups is 1. The van der Waals surface area contributed by atoms with Crippen LogP contribution in [0.5, 0.6) is 0 Å². The maximum absolute atomic E-state index is 8.86. The summed E-state index contributed by atoms with van der Waals surface area (Å²) in [5, 5.41) is 8.86. The van der Waals surface area contributed by atoms with E-state index in [0.717, 1.165) is 6.54 Å². The molecule has 0 saturated carbocycles. The molecule has 0 aliphatic rings. The van der Waals surface area contributed by atoms with Crippen molar-refractivity contribution in [1.29, 1.82) is 0 Å². The third-order valence-electron chi connectivity index (χ3n) is 2.34. The molecule has 0 spiro atoms. The fourth-order valence-electron chi connectivity index (χ4n) is 1.37. The molecule has 1 rings (SSSR count). The molecule has 14 heavy (non-hydrogen) atoms. The average molecular weight is 193 g/mol. The highest BCUT2D eigenvalue weighted by molar-refractivity contribution is 5.24. The second-order valence-corrected chi connectivity index (χ2v) is 4.05. The van der Waals surface area contributed by atoms with E-state index in [1.165, 1.54) is 11.1 Å². The minimum atomic E-state index is 0.103. The normalized spacial score (nSPS) is 11.3. The Bertz CT molecular complexity index is 266. The fourth-order valence-corrected chi connectivity index (χ4v) is 1.37. The van der Waals surface area contributed by atoms with Crippen LogP contribution in [0, 0.1) is 0 Å². The van der Waals surface area contributed by atoms with Gasteiger partial charge in [-0.1, -0.05) is 38.1 Å². The molecule has 0 radical (unpaired) electrons. The largest absolute Gasteiger partial charge is 0.381 e. The minimum Gasteiger partial charge on any atom is -0.381 e. The molecule has 0 fully saturated rings. The van der Waals surface area contributed by atoms with Crippen molar-refractivity contribution in [3.63, 3.8) is 0 Å². The SMILES string of the molecule is CC(C)c1ccc(CN(C)CO)cc1. The summed E-state index contributed by atoms with van der Waals surface area (Å²) in [5.41, 5.74) is 2.60. The third kappa shape index (κ3) is 3.13. The summed E-state index contributed by atoms with van der Waals surface area (Å²) in [5.74, 6) is 0.583. The van der Waals surface area contributed by atoms with Crippen LogP contribution < -0.4 is 0 Å². The molecule has 1 aromatic rings. The summed E-state index contributed by atoms with van der Waals surface area (Å²) < 4.78 is 0. The molecule has 1 aromatic carbocycles. The van der Waals surface area contributed by atoms with E-state index in [9.17, 15) is 0 Å². The molecular formula is C12H19NO. The van der Waals surface area contributed by atoms with Crippen LogP contribution in [0.25, 0.3) is 0 Å². The van der Waals surface area contributed by atoms with Crippen molar-refractivity contribution in [2.45, 2.75) is 26.3 Å². The number of benzene rings is 1. The number of nitrogens with zero attached hydrogens (tertiary/aromatic N) is 1. The summed E-state index contributed by atoms with van der Waals surface area (Å²) >= 11 is 0. The highest BCUT2D eigenvalue weighted by Gasteiger charge is 2.00. The molecular weight excluding hydrogens is 174 g/mol. The van der Waals surface area contributed by atoms with Crippen LogP contribution in [0.1, 0.15) is 30.9 Å². The Morgan fingerprint density at radius 3 is 2.21 bits per heavy atom. The van der Waals surface area contributed by atoms with Gasteiger partial charge in [-0.15, -0.1) is 0 Å². The van der Waals surface area contributed by atoms with Gasteiger partial charge in [-0.05, 0) is 24.1 Å². The average Bonchev–Trinajstić information content (AvgIpc) is 2.18. The van der Waals surface area contributed by atoms with Crippen molar-refractivity contribution < 1.29 is 5.11 Å². The van der Waals surface area contributed by atoms with Gasteiger partial charge in [-0.2, -0.15) is 0 Å². The Hall–Kier alpha value is -0.860. The van der Waals surface area contributed by atoms with E-state index in [1.807, 2.05) is 11.9 Å². The highest BCUT2D eigenvalue weighted by atomic mass is 16.3. The van der Waals surface area contributed by atoms with E-state index in [0.29, 0.717) is 5.92 Å². The topological polar surface area (TPSA) is 23.5 Å². The van der Waals surface area contributed by atoms with E-state index in [-0.39, 0.29) is 6.73 Å². The van der Waals surface area contributed by atoms with Gasteiger partial charge in [0.15, 0.2) is 0 Å². The fraction of sp³-hybridized carbons (Fsp3) is 0.500. The Kier molecular flexibility index (Phi) is 4.11. The van der Waals surface area contributed by atoms with E-state index in [4.69, 9.17) is 5.11 Å². The Labute approximate surface area is 86.2 Å². The van der Waals surface area contributed by atoms with Crippen LogP contribution in [-0.4, -0.2) is 23.8 Å². The molecule has 0 bridgehead atoms. The zero-order chi connectivity index (χ0) is 10.6. The summed E-state index contributed by atoms with van der Waals surface area (Å²) in [6, 6.07) is 8.57. The zero-order valence-corrected chi connectivity index (χ0v) is 9.20. The number of rotatable bonds is 4. The maximum atomic E-state index is 8.86. The predicted molar refractivity (Wildman–Crippen MR) is 59.1 cm³/mol. The molecule has 2 heteroatoms. The molecule has 0 amide bonds. The molecule has 0 aliphatic carbocycles. The van der Waals surface area contributed by atoms with Crippen LogP contribution >= 0.6 is 0 Å². The van der Waals surface area contributed by atoms with Crippen LogP contribution in [0.3, 0.4) is 0 Å². The molecule has 0 aliphatic heterocycles. The van der Waals surface area contributed by atoms with Gasteiger partial charge in [0, 0.05) is 6.54 Å². The first-order valence-corrected chi connectivity index (χ1v) is 5.01. The predicted octanol–water partition coefficient (Wildman–Crippen LogP) is 2.19. The zero-order valence-electron chi connectivity index (χ0n) is 9.20. The summed E-state index contributed by atoms with van der Waals surface area (Å²) in [7, 11) is 1.90. The quantitative estimate of drug-likeness (QED) is 0.741. The van der Waals surface area contributed by atoms with Crippen LogP contribution in [0.4, 0.5) is 0 Å². The van der Waals surface area contributed by atoms with Crippen molar-refractivity contribution in [3.8, 4) is 0 Å². The molecule has 0 aromatic heterocycles. The Morgan fingerprint density at radius 2 is 1.79 bits per heavy atom.